The topological polar surface area (TPSA) is 45.2 Å². The second-order valence-corrected chi connectivity index (χ2v) is 9.35. The Balaban J connectivity index is 1.72. The fourth-order valence-corrected chi connectivity index (χ4v) is 4.94. The van der Waals surface area contributed by atoms with Gasteiger partial charge in [-0.2, -0.15) is 13.2 Å². The SMILES string of the molecule is CSc1cccc(NC(=O)c2c(N3CCC4(C)C(C3)C4(F)F)ncc(C(F)(F)F)c2C)c1. The van der Waals surface area contributed by atoms with Crippen LogP contribution >= 0.6 is 11.8 Å². The van der Waals surface area contributed by atoms with Crippen molar-refractivity contribution in [1.29, 1.82) is 0 Å². The van der Waals surface area contributed by atoms with Gasteiger partial charge in [0, 0.05) is 35.3 Å². The van der Waals surface area contributed by atoms with Gasteiger partial charge in [0.2, 0.25) is 0 Å². The molecule has 1 saturated carbocycles. The lowest BCUT2D eigenvalue weighted by molar-refractivity contribution is -0.138. The molecule has 1 aliphatic heterocycles. The van der Waals surface area contributed by atoms with Gasteiger partial charge in [0.25, 0.3) is 11.8 Å². The lowest BCUT2D eigenvalue weighted by Crippen LogP contribution is -2.36. The first-order valence-corrected chi connectivity index (χ1v) is 11.3. The van der Waals surface area contributed by atoms with E-state index in [1.54, 1.807) is 18.2 Å². The molecule has 2 fully saturated rings. The summed E-state index contributed by atoms with van der Waals surface area (Å²) in [5.41, 5.74) is -2.24. The number of pyridine rings is 1. The maximum atomic E-state index is 14.2. The molecule has 0 bridgehead atoms. The largest absolute Gasteiger partial charge is 0.418 e. The van der Waals surface area contributed by atoms with E-state index in [0.717, 1.165) is 4.90 Å². The summed E-state index contributed by atoms with van der Waals surface area (Å²) in [5.74, 6) is -4.50. The van der Waals surface area contributed by atoms with Gasteiger partial charge in [-0.1, -0.05) is 13.0 Å². The molecular formula is C22H22F5N3OS. The maximum absolute atomic E-state index is 14.2. The van der Waals surface area contributed by atoms with E-state index in [1.165, 1.54) is 30.5 Å². The Morgan fingerprint density at radius 3 is 2.66 bits per heavy atom. The molecule has 2 unspecified atom stereocenters. The summed E-state index contributed by atoms with van der Waals surface area (Å²) in [4.78, 5) is 19.5. The molecule has 1 saturated heterocycles. The number of nitrogens with one attached hydrogen (secondary N) is 1. The van der Waals surface area contributed by atoms with Crippen molar-refractivity contribution in [1.82, 2.24) is 4.98 Å². The summed E-state index contributed by atoms with van der Waals surface area (Å²) in [6.07, 6.45) is -2.00. The van der Waals surface area contributed by atoms with E-state index in [0.29, 0.717) is 11.9 Å². The molecule has 2 atom stereocenters. The molecular weight excluding hydrogens is 449 g/mol. The molecule has 4 nitrogen and oxygen atoms in total. The molecule has 0 spiro atoms. The molecule has 172 valence electrons. The van der Waals surface area contributed by atoms with Crippen LogP contribution in [0.25, 0.3) is 0 Å². The summed E-state index contributed by atoms with van der Waals surface area (Å²) in [6, 6.07) is 6.89. The van der Waals surface area contributed by atoms with Crippen LogP contribution in [-0.4, -0.2) is 36.2 Å². The van der Waals surface area contributed by atoms with Gasteiger partial charge in [0.1, 0.15) is 5.82 Å². The zero-order valence-corrected chi connectivity index (χ0v) is 18.5. The standard InChI is InChI=1S/C22H22F5N3OS/c1-12-15(22(25,26)27)10-28-18(30-8-7-20(2)16(11-30)21(20,23)24)17(12)19(31)29-13-5-4-6-14(9-13)32-3/h4-6,9-10,16H,7-8,11H2,1-3H3,(H,29,31). The van der Waals surface area contributed by atoms with Gasteiger partial charge in [0.15, 0.2) is 0 Å². The summed E-state index contributed by atoms with van der Waals surface area (Å²) < 4.78 is 69.0. The molecule has 1 aliphatic carbocycles. The second kappa shape index (κ2) is 7.60. The highest BCUT2D eigenvalue weighted by molar-refractivity contribution is 7.98. The van der Waals surface area contributed by atoms with Gasteiger partial charge < -0.3 is 10.2 Å². The maximum Gasteiger partial charge on any atom is 0.418 e. The van der Waals surface area contributed by atoms with Gasteiger partial charge in [-0.05, 0) is 43.4 Å². The average Bonchev–Trinajstić information content (AvgIpc) is 3.17. The average molecular weight is 471 g/mol. The minimum Gasteiger partial charge on any atom is -0.355 e. The summed E-state index contributed by atoms with van der Waals surface area (Å²) in [6.45, 7) is 2.85. The first-order valence-electron chi connectivity index (χ1n) is 10.0. The van der Waals surface area contributed by atoms with E-state index >= 15 is 0 Å². The molecule has 10 heteroatoms. The number of amides is 1. The Kier molecular flexibility index (Phi) is 5.42. The minimum atomic E-state index is -4.70. The van der Waals surface area contributed by atoms with Crippen molar-refractivity contribution < 1.29 is 26.7 Å². The van der Waals surface area contributed by atoms with E-state index in [4.69, 9.17) is 0 Å². The summed E-state index contributed by atoms with van der Waals surface area (Å²) in [7, 11) is 0. The third-order valence-corrected chi connectivity index (χ3v) is 7.39. The summed E-state index contributed by atoms with van der Waals surface area (Å²) >= 11 is 1.45. The Labute approximate surface area is 186 Å². The van der Waals surface area contributed by atoms with Crippen LogP contribution < -0.4 is 10.2 Å². The van der Waals surface area contributed by atoms with Crippen LogP contribution in [0.4, 0.5) is 33.5 Å². The van der Waals surface area contributed by atoms with E-state index in [1.807, 2.05) is 12.3 Å². The van der Waals surface area contributed by atoms with E-state index in [9.17, 15) is 26.7 Å². The predicted molar refractivity (Wildman–Crippen MR) is 114 cm³/mol. The summed E-state index contributed by atoms with van der Waals surface area (Å²) in [5, 5.41) is 2.64. The number of halogens is 5. The van der Waals surface area contributed by atoms with Gasteiger partial charge in [-0.25, -0.2) is 13.8 Å². The number of aromatic nitrogens is 1. The van der Waals surface area contributed by atoms with Gasteiger partial charge in [-0.3, -0.25) is 4.79 Å². The highest BCUT2D eigenvalue weighted by Crippen LogP contribution is 2.69. The quantitative estimate of drug-likeness (QED) is 0.448. The van der Waals surface area contributed by atoms with Crippen LogP contribution in [0.5, 0.6) is 0 Å². The lowest BCUT2D eigenvalue weighted by atomic mass is 9.96. The Hall–Kier alpha value is -2.36. The number of alkyl halides is 5. The van der Waals surface area contributed by atoms with E-state index in [2.05, 4.69) is 10.3 Å². The fourth-order valence-electron chi connectivity index (χ4n) is 4.48. The number of anilines is 2. The van der Waals surface area contributed by atoms with Crippen LogP contribution in [-0.2, 0) is 6.18 Å². The third kappa shape index (κ3) is 3.62. The van der Waals surface area contributed by atoms with Crippen molar-refractivity contribution in [3.05, 3.63) is 47.2 Å². The fraction of sp³-hybridized carbons (Fsp3) is 0.455. The zero-order valence-electron chi connectivity index (χ0n) is 17.7. The molecule has 2 aromatic rings. The first-order chi connectivity index (χ1) is 14.9. The van der Waals surface area contributed by atoms with Gasteiger partial charge in [0.05, 0.1) is 17.0 Å². The highest BCUT2D eigenvalue weighted by atomic mass is 32.2. The number of hydrogen-bond donors (Lipinski definition) is 1. The first kappa shape index (κ1) is 22.8. The number of fused-ring (bicyclic) bond motifs is 1. The number of carbonyl (C=O) groups excluding carboxylic acids is 1. The molecule has 2 heterocycles. The smallest absolute Gasteiger partial charge is 0.355 e. The normalized spacial score (nSPS) is 24.1. The molecule has 1 N–H and O–H groups in total. The molecule has 1 amide bonds. The number of piperidine rings is 1. The molecule has 2 aliphatic rings. The van der Waals surface area contributed by atoms with Crippen LogP contribution in [0.3, 0.4) is 0 Å². The molecule has 1 aromatic carbocycles. The van der Waals surface area contributed by atoms with Crippen LogP contribution in [0, 0.1) is 18.3 Å². The van der Waals surface area contributed by atoms with Crippen LogP contribution in [0.2, 0.25) is 0 Å². The number of nitrogens with zero attached hydrogens (tertiary/aromatic N) is 2. The van der Waals surface area contributed by atoms with Crippen molar-refractivity contribution in [2.45, 2.75) is 37.3 Å². The van der Waals surface area contributed by atoms with Crippen LogP contribution in [0.15, 0.2) is 35.4 Å². The highest BCUT2D eigenvalue weighted by Gasteiger charge is 2.78. The van der Waals surface area contributed by atoms with E-state index in [-0.39, 0.29) is 36.5 Å². The Bertz CT molecular complexity index is 1070. The predicted octanol–water partition coefficient (Wildman–Crippen LogP) is 5.86. The monoisotopic (exact) mass is 471 g/mol. The zero-order chi connectivity index (χ0) is 23.5. The van der Waals surface area contributed by atoms with Crippen molar-refractivity contribution in [2.75, 3.05) is 29.6 Å². The number of hydrogen-bond acceptors (Lipinski definition) is 4. The molecule has 0 radical (unpaired) electrons. The van der Waals surface area contributed by atoms with Gasteiger partial charge >= 0.3 is 6.18 Å². The van der Waals surface area contributed by atoms with Gasteiger partial charge in [-0.15, -0.1) is 11.8 Å². The number of benzene rings is 1. The van der Waals surface area contributed by atoms with Crippen LogP contribution in [0.1, 0.15) is 34.8 Å². The molecule has 32 heavy (non-hydrogen) atoms. The number of rotatable bonds is 4. The molecule has 4 rings (SSSR count). The van der Waals surface area contributed by atoms with Crippen molar-refractivity contribution in [3.8, 4) is 0 Å². The Morgan fingerprint density at radius 1 is 1.31 bits per heavy atom. The third-order valence-electron chi connectivity index (χ3n) is 6.67. The molecule has 1 aromatic heterocycles. The minimum absolute atomic E-state index is 0.00114. The Morgan fingerprint density at radius 2 is 2.03 bits per heavy atom. The number of thioether (sulfide) groups is 1. The van der Waals surface area contributed by atoms with E-state index < -0.39 is 34.9 Å². The second-order valence-electron chi connectivity index (χ2n) is 8.47. The number of carbonyl (C=O) groups is 1. The van der Waals surface area contributed by atoms with Crippen molar-refractivity contribution in [2.24, 2.45) is 11.3 Å². The van der Waals surface area contributed by atoms with Crippen molar-refractivity contribution >= 4 is 29.2 Å². The van der Waals surface area contributed by atoms with Crippen molar-refractivity contribution in [3.63, 3.8) is 0 Å². The lowest BCUT2D eigenvalue weighted by Gasteiger charge is -2.31.